The van der Waals surface area contributed by atoms with Gasteiger partial charge < -0.3 is 20.1 Å². The van der Waals surface area contributed by atoms with Crippen LogP contribution < -0.4 is 0 Å². The molecule has 1 aromatic carbocycles. The lowest BCUT2D eigenvalue weighted by atomic mass is 9.95. The Morgan fingerprint density at radius 1 is 1.12 bits per heavy atom. The highest BCUT2D eigenvalue weighted by Crippen LogP contribution is 2.33. The third kappa shape index (κ3) is 4.70. The first kappa shape index (κ1) is 18.7. The van der Waals surface area contributed by atoms with Crippen LogP contribution in [0.15, 0.2) is 30.4 Å². The molecule has 0 amide bonds. The van der Waals surface area contributed by atoms with E-state index in [0.717, 1.165) is 6.07 Å². The normalized spacial score (nSPS) is 24.8. The second kappa shape index (κ2) is 7.98. The van der Waals surface area contributed by atoms with Gasteiger partial charge in [0.1, 0.15) is 23.2 Å². The van der Waals surface area contributed by atoms with Crippen molar-refractivity contribution in [2.75, 3.05) is 0 Å². The number of aliphatic hydroxyl groups is 1. The van der Waals surface area contributed by atoms with Crippen LogP contribution in [-0.4, -0.2) is 39.3 Å². The number of hydrogen-bond acceptors (Lipinski definition) is 6. The summed E-state index contributed by atoms with van der Waals surface area (Å²) < 4.78 is 5.33. The molecule has 2 atom stereocenters. The van der Waals surface area contributed by atoms with Gasteiger partial charge in [0.2, 0.25) is 0 Å². The largest absolute Gasteiger partial charge is 0.508 e. The SMILES string of the molecule is Cc1c(O)cc(O)c2c1CC(=O)/C=C/C[C@@H](O)/C=C/C[C@@H](C)OC2=O. The zero-order valence-corrected chi connectivity index (χ0v) is 14.2. The Morgan fingerprint density at radius 3 is 2.56 bits per heavy atom. The summed E-state index contributed by atoms with van der Waals surface area (Å²) in [5.74, 6) is -1.70. The van der Waals surface area contributed by atoms with E-state index >= 15 is 0 Å². The van der Waals surface area contributed by atoms with Crippen LogP contribution >= 0.6 is 0 Å². The lowest BCUT2D eigenvalue weighted by Crippen LogP contribution is -2.18. The number of aliphatic hydroxyl groups excluding tert-OH is 1. The van der Waals surface area contributed by atoms with E-state index < -0.39 is 23.9 Å². The first-order valence-corrected chi connectivity index (χ1v) is 8.09. The summed E-state index contributed by atoms with van der Waals surface area (Å²) in [7, 11) is 0. The Bertz CT molecular complexity index is 732. The molecule has 0 radical (unpaired) electrons. The molecule has 6 nitrogen and oxygen atoms in total. The average Bonchev–Trinajstić information content (AvgIpc) is 2.51. The van der Waals surface area contributed by atoms with Gasteiger partial charge in [-0.2, -0.15) is 0 Å². The number of ketones is 1. The number of cyclic esters (lactones) is 1. The van der Waals surface area contributed by atoms with Crippen LogP contribution in [-0.2, 0) is 16.0 Å². The van der Waals surface area contributed by atoms with E-state index in [2.05, 4.69) is 0 Å². The molecule has 2 rings (SSSR count). The maximum Gasteiger partial charge on any atom is 0.342 e. The fourth-order valence-corrected chi connectivity index (χ4v) is 2.62. The van der Waals surface area contributed by atoms with Gasteiger partial charge >= 0.3 is 5.97 Å². The molecule has 1 aliphatic rings. The Hall–Kier alpha value is -2.60. The molecular formula is C19H22O6. The van der Waals surface area contributed by atoms with Gasteiger partial charge in [-0.05, 0) is 37.5 Å². The summed E-state index contributed by atoms with van der Waals surface area (Å²) >= 11 is 0. The van der Waals surface area contributed by atoms with Crippen LogP contribution in [0.2, 0.25) is 0 Å². The lowest BCUT2D eigenvalue weighted by Gasteiger charge is -2.17. The first-order chi connectivity index (χ1) is 11.8. The van der Waals surface area contributed by atoms with Crippen LogP contribution in [0.1, 0.15) is 41.3 Å². The summed E-state index contributed by atoms with van der Waals surface area (Å²) in [6, 6.07) is 1.07. The minimum atomic E-state index is -0.758. The van der Waals surface area contributed by atoms with E-state index in [1.54, 1.807) is 32.1 Å². The van der Waals surface area contributed by atoms with Crippen molar-refractivity contribution in [2.45, 2.75) is 45.3 Å². The second-order valence-electron chi connectivity index (χ2n) is 6.12. The number of carbonyl (C=O) groups is 2. The third-order valence-corrected chi connectivity index (χ3v) is 4.04. The van der Waals surface area contributed by atoms with Gasteiger partial charge in [-0.25, -0.2) is 4.79 Å². The molecule has 0 saturated heterocycles. The smallest absolute Gasteiger partial charge is 0.342 e. The second-order valence-corrected chi connectivity index (χ2v) is 6.12. The van der Waals surface area contributed by atoms with Crippen LogP contribution in [0.25, 0.3) is 0 Å². The zero-order chi connectivity index (χ0) is 18.6. The highest BCUT2D eigenvalue weighted by molar-refractivity contribution is 5.99. The lowest BCUT2D eigenvalue weighted by molar-refractivity contribution is -0.114. The zero-order valence-electron chi connectivity index (χ0n) is 14.2. The average molecular weight is 346 g/mol. The fraction of sp³-hybridized carbons (Fsp3) is 0.368. The van der Waals surface area contributed by atoms with E-state index in [1.807, 2.05) is 0 Å². The standard InChI is InChI=1S/C19H22O6/c1-11-5-3-6-13(20)7-4-8-14(21)9-15-12(2)16(22)10-17(23)18(15)19(24)25-11/h3-4,6,8,10-11,13,20,22-23H,5,7,9H2,1-2H3/b6-3+,8-4+/t11-,13+/m1/s1. The molecule has 1 aliphatic heterocycles. The number of allylic oxidation sites excluding steroid dienone is 1. The van der Waals surface area contributed by atoms with Gasteiger partial charge in [-0.3, -0.25) is 4.79 Å². The van der Waals surface area contributed by atoms with Crippen molar-refractivity contribution in [1.82, 2.24) is 0 Å². The molecule has 0 saturated carbocycles. The van der Waals surface area contributed by atoms with Gasteiger partial charge in [0.15, 0.2) is 5.78 Å². The number of esters is 1. The molecular weight excluding hydrogens is 324 g/mol. The Labute approximate surface area is 146 Å². The van der Waals surface area contributed by atoms with Crippen molar-refractivity contribution < 1.29 is 29.6 Å². The number of aromatic hydroxyl groups is 2. The minimum absolute atomic E-state index is 0.107. The molecule has 1 aromatic rings. The molecule has 0 spiro atoms. The van der Waals surface area contributed by atoms with Crippen LogP contribution in [0.3, 0.4) is 0 Å². The van der Waals surface area contributed by atoms with Gasteiger partial charge in [0, 0.05) is 18.9 Å². The Balaban J connectivity index is 2.49. The number of hydrogen-bond donors (Lipinski definition) is 3. The van der Waals surface area contributed by atoms with Crippen molar-refractivity contribution >= 4 is 11.8 Å². The molecule has 0 bridgehead atoms. The molecule has 0 unspecified atom stereocenters. The fourth-order valence-electron chi connectivity index (χ4n) is 2.62. The van der Waals surface area contributed by atoms with Crippen LogP contribution in [0.5, 0.6) is 11.5 Å². The Kier molecular flexibility index (Phi) is 5.98. The first-order valence-electron chi connectivity index (χ1n) is 8.09. The highest BCUT2D eigenvalue weighted by atomic mass is 16.5. The number of phenolic OH excluding ortho intramolecular Hbond substituents is 2. The number of fused-ring (bicyclic) bond motifs is 1. The monoisotopic (exact) mass is 346 g/mol. The van der Waals surface area contributed by atoms with Crippen molar-refractivity contribution in [2.24, 2.45) is 0 Å². The number of benzene rings is 1. The number of rotatable bonds is 0. The van der Waals surface area contributed by atoms with Crippen molar-refractivity contribution in [3.05, 3.63) is 47.1 Å². The Morgan fingerprint density at radius 2 is 1.84 bits per heavy atom. The predicted octanol–water partition coefficient (Wildman–Crippen LogP) is 2.33. The van der Waals surface area contributed by atoms with Crippen molar-refractivity contribution in [1.29, 1.82) is 0 Å². The van der Waals surface area contributed by atoms with E-state index in [0.29, 0.717) is 12.0 Å². The third-order valence-electron chi connectivity index (χ3n) is 4.04. The molecule has 25 heavy (non-hydrogen) atoms. The molecule has 6 heteroatoms. The molecule has 134 valence electrons. The van der Waals surface area contributed by atoms with E-state index in [4.69, 9.17) is 4.74 Å². The number of carbonyl (C=O) groups excluding carboxylic acids is 2. The maximum absolute atomic E-state index is 12.5. The summed E-state index contributed by atoms with van der Waals surface area (Å²) in [5.41, 5.74) is 0.466. The van der Waals surface area contributed by atoms with Gasteiger partial charge in [0.25, 0.3) is 0 Å². The quantitative estimate of drug-likeness (QED) is 0.492. The number of phenols is 2. The molecule has 0 fully saturated rings. The van der Waals surface area contributed by atoms with Gasteiger partial charge in [-0.1, -0.05) is 18.2 Å². The van der Waals surface area contributed by atoms with E-state index in [-0.39, 0.29) is 35.5 Å². The highest BCUT2D eigenvalue weighted by Gasteiger charge is 2.24. The van der Waals surface area contributed by atoms with Crippen LogP contribution in [0.4, 0.5) is 0 Å². The van der Waals surface area contributed by atoms with Gasteiger partial charge in [-0.15, -0.1) is 0 Å². The summed E-state index contributed by atoms with van der Waals surface area (Å²) in [5, 5.41) is 29.8. The summed E-state index contributed by atoms with van der Waals surface area (Å²) in [6.07, 6.45) is 5.47. The topological polar surface area (TPSA) is 104 Å². The number of ether oxygens (including phenoxy) is 1. The molecule has 1 heterocycles. The van der Waals surface area contributed by atoms with Crippen LogP contribution in [0, 0.1) is 6.92 Å². The van der Waals surface area contributed by atoms with Crippen molar-refractivity contribution in [3.63, 3.8) is 0 Å². The summed E-state index contributed by atoms with van der Waals surface area (Å²) in [6.45, 7) is 3.26. The van der Waals surface area contributed by atoms with E-state index in [1.165, 1.54) is 6.08 Å². The molecule has 0 aliphatic carbocycles. The van der Waals surface area contributed by atoms with Crippen molar-refractivity contribution in [3.8, 4) is 11.5 Å². The molecule has 3 N–H and O–H groups in total. The van der Waals surface area contributed by atoms with Gasteiger partial charge in [0.05, 0.1) is 6.10 Å². The maximum atomic E-state index is 12.5. The van der Waals surface area contributed by atoms with E-state index in [9.17, 15) is 24.9 Å². The summed E-state index contributed by atoms with van der Waals surface area (Å²) in [4.78, 5) is 24.6. The predicted molar refractivity (Wildman–Crippen MR) is 91.6 cm³/mol. The molecule has 0 aromatic heterocycles. The minimum Gasteiger partial charge on any atom is -0.508 e.